The number of amides is 1. The van der Waals surface area contributed by atoms with E-state index in [1.807, 2.05) is 0 Å². The molecular formula is C15H10Cl2F3NO2. The lowest BCUT2D eigenvalue weighted by atomic mass is 10.1. The minimum Gasteiger partial charge on any atom is -0.496 e. The third kappa shape index (κ3) is 4.09. The van der Waals surface area contributed by atoms with Gasteiger partial charge in [-0.2, -0.15) is 13.2 Å². The lowest BCUT2D eigenvalue weighted by Gasteiger charge is -2.12. The van der Waals surface area contributed by atoms with Crippen LogP contribution in [-0.4, -0.2) is 13.0 Å². The van der Waals surface area contributed by atoms with Crippen LogP contribution in [0.3, 0.4) is 0 Å². The summed E-state index contributed by atoms with van der Waals surface area (Å²) in [4.78, 5) is 12.2. The normalized spacial score (nSPS) is 11.2. The van der Waals surface area contributed by atoms with Crippen LogP contribution in [-0.2, 0) is 6.18 Å². The van der Waals surface area contributed by atoms with E-state index in [1.54, 1.807) is 6.07 Å². The van der Waals surface area contributed by atoms with E-state index < -0.39 is 17.6 Å². The van der Waals surface area contributed by atoms with Crippen LogP contribution < -0.4 is 10.1 Å². The Hall–Kier alpha value is -1.92. The molecule has 2 aromatic carbocycles. The molecule has 0 saturated heterocycles. The fourth-order valence-electron chi connectivity index (χ4n) is 1.84. The van der Waals surface area contributed by atoms with Gasteiger partial charge in [-0.25, -0.2) is 0 Å². The minimum absolute atomic E-state index is 0.0479. The maximum atomic E-state index is 12.6. The lowest BCUT2D eigenvalue weighted by Crippen LogP contribution is -2.14. The third-order valence-corrected chi connectivity index (χ3v) is 3.50. The molecule has 0 spiro atoms. The van der Waals surface area contributed by atoms with Crippen molar-refractivity contribution in [2.45, 2.75) is 6.18 Å². The highest BCUT2D eigenvalue weighted by molar-refractivity contribution is 6.34. The summed E-state index contributed by atoms with van der Waals surface area (Å²) in [6.07, 6.45) is -4.51. The zero-order valence-corrected chi connectivity index (χ0v) is 13.2. The van der Waals surface area contributed by atoms with Gasteiger partial charge >= 0.3 is 6.18 Å². The molecule has 0 radical (unpaired) electrons. The zero-order valence-electron chi connectivity index (χ0n) is 11.7. The third-order valence-electron chi connectivity index (χ3n) is 2.95. The van der Waals surface area contributed by atoms with Crippen molar-refractivity contribution in [3.63, 3.8) is 0 Å². The summed E-state index contributed by atoms with van der Waals surface area (Å²) < 4.78 is 42.8. The van der Waals surface area contributed by atoms with Gasteiger partial charge in [0, 0.05) is 5.02 Å². The summed E-state index contributed by atoms with van der Waals surface area (Å²) in [5, 5.41) is 2.52. The minimum atomic E-state index is -4.51. The molecule has 8 heteroatoms. The van der Waals surface area contributed by atoms with Gasteiger partial charge < -0.3 is 10.1 Å². The van der Waals surface area contributed by atoms with Gasteiger partial charge in [0.1, 0.15) is 5.75 Å². The van der Waals surface area contributed by atoms with E-state index in [2.05, 4.69) is 5.32 Å². The molecule has 1 N–H and O–H groups in total. The van der Waals surface area contributed by atoms with E-state index in [-0.39, 0.29) is 22.0 Å². The topological polar surface area (TPSA) is 38.3 Å². The Morgan fingerprint density at radius 2 is 1.83 bits per heavy atom. The van der Waals surface area contributed by atoms with E-state index in [0.717, 1.165) is 18.2 Å². The fourth-order valence-corrected chi connectivity index (χ4v) is 2.24. The molecule has 0 atom stereocenters. The van der Waals surface area contributed by atoms with Crippen molar-refractivity contribution in [1.29, 1.82) is 0 Å². The number of methoxy groups -OCH3 is 1. The Labute approximate surface area is 140 Å². The first-order valence-electron chi connectivity index (χ1n) is 6.24. The molecule has 1 amide bonds. The van der Waals surface area contributed by atoms with Crippen LogP contribution in [0.15, 0.2) is 36.4 Å². The van der Waals surface area contributed by atoms with Crippen molar-refractivity contribution < 1.29 is 22.7 Å². The molecule has 0 aliphatic rings. The maximum Gasteiger partial charge on any atom is 0.416 e. The summed E-state index contributed by atoms with van der Waals surface area (Å²) in [5.74, 6) is -0.332. The number of hydrogen-bond donors (Lipinski definition) is 1. The molecular weight excluding hydrogens is 354 g/mol. The lowest BCUT2D eigenvalue weighted by molar-refractivity contribution is -0.137. The Kier molecular flexibility index (Phi) is 5.06. The number of carbonyl (C=O) groups excluding carboxylic acids is 1. The first kappa shape index (κ1) is 17.4. The van der Waals surface area contributed by atoms with Crippen LogP contribution in [0.5, 0.6) is 5.75 Å². The molecule has 2 rings (SSSR count). The predicted octanol–water partition coefficient (Wildman–Crippen LogP) is 5.27. The van der Waals surface area contributed by atoms with Gasteiger partial charge in [0.15, 0.2) is 0 Å². The highest BCUT2D eigenvalue weighted by Gasteiger charge is 2.31. The first-order valence-corrected chi connectivity index (χ1v) is 6.99. The van der Waals surface area contributed by atoms with E-state index in [4.69, 9.17) is 27.9 Å². The standard InChI is InChI=1S/C15H10Cl2F3NO2/c1-23-13-5-3-9(16)7-10(13)14(22)21-12-4-2-8(6-11(12)17)15(18,19)20/h2-7H,1H3,(H,21,22). The number of rotatable bonds is 3. The Bertz CT molecular complexity index is 748. The summed E-state index contributed by atoms with van der Waals surface area (Å²) in [5.41, 5.74) is -0.719. The molecule has 23 heavy (non-hydrogen) atoms. The molecule has 0 aliphatic carbocycles. The summed E-state index contributed by atoms with van der Waals surface area (Å²) in [7, 11) is 1.38. The van der Waals surface area contributed by atoms with E-state index in [0.29, 0.717) is 5.02 Å². The maximum absolute atomic E-state index is 12.6. The number of carbonyl (C=O) groups is 1. The molecule has 122 valence electrons. The highest BCUT2D eigenvalue weighted by atomic mass is 35.5. The monoisotopic (exact) mass is 363 g/mol. The molecule has 0 heterocycles. The van der Waals surface area contributed by atoms with Gasteiger partial charge in [0.2, 0.25) is 0 Å². The zero-order chi connectivity index (χ0) is 17.2. The second-order valence-corrected chi connectivity index (χ2v) is 5.33. The van der Waals surface area contributed by atoms with Gasteiger partial charge in [-0.15, -0.1) is 0 Å². The average molecular weight is 364 g/mol. The van der Waals surface area contributed by atoms with Crippen LogP contribution in [0.1, 0.15) is 15.9 Å². The molecule has 0 unspecified atom stereocenters. The summed E-state index contributed by atoms with van der Waals surface area (Å²) in [6, 6.07) is 7.09. The number of hydrogen-bond acceptors (Lipinski definition) is 2. The number of ether oxygens (including phenoxy) is 1. The van der Waals surface area contributed by atoms with Crippen LogP contribution in [0.2, 0.25) is 10.0 Å². The molecule has 0 bridgehead atoms. The quantitative estimate of drug-likeness (QED) is 0.806. The summed E-state index contributed by atoms with van der Waals surface area (Å²) in [6.45, 7) is 0. The molecule has 0 saturated carbocycles. The number of benzene rings is 2. The van der Waals surface area contributed by atoms with Crippen LogP contribution in [0.4, 0.5) is 18.9 Å². The summed E-state index contributed by atoms with van der Waals surface area (Å²) >= 11 is 11.6. The Morgan fingerprint density at radius 3 is 2.39 bits per heavy atom. The Balaban J connectivity index is 2.29. The molecule has 3 nitrogen and oxygen atoms in total. The highest BCUT2D eigenvalue weighted by Crippen LogP contribution is 2.34. The predicted molar refractivity (Wildman–Crippen MR) is 82.4 cm³/mol. The molecule has 0 aromatic heterocycles. The molecule has 2 aromatic rings. The fraction of sp³-hybridized carbons (Fsp3) is 0.133. The van der Waals surface area contributed by atoms with E-state index in [1.165, 1.54) is 19.2 Å². The van der Waals surface area contributed by atoms with Crippen molar-refractivity contribution in [3.05, 3.63) is 57.6 Å². The van der Waals surface area contributed by atoms with Gasteiger partial charge in [0.25, 0.3) is 5.91 Å². The molecule has 0 aliphatic heterocycles. The second kappa shape index (κ2) is 6.68. The Morgan fingerprint density at radius 1 is 1.13 bits per heavy atom. The van der Waals surface area contributed by atoms with E-state index >= 15 is 0 Å². The van der Waals surface area contributed by atoms with Gasteiger partial charge in [0.05, 0.1) is 28.9 Å². The van der Waals surface area contributed by atoms with Gasteiger partial charge in [-0.3, -0.25) is 4.79 Å². The molecule has 0 fully saturated rings. The SMILES string of the molecule is COc1ccc(Cl)cc1C(=O)Nc1ccc(C(F)(F)F)cc1Cl. The smallest absolute Gasteiger partial charge is 0.416 e. The average Bonchev–Trinajstić information content (AvgIpc) is 2.48. The first-order chi connectivity index (χ1) is 10.7. The number of halogens is 5. The van der Waals surface area contributed by atoms with Crippen molar-refractivity contribution in [2.24, 2.45) is 0 Å². The van der Waals surface area contributed by atoms with E-state index in [9.17, 15) is 18.0 Å². The van der Waals surface area contributed by atoms with Crippen molar-refractivity contribution in [1.82, 2.24) is 0 Å². The second-order valence-electron chi connectivity index (χ2n) is 4.49. The number of nitrogens with one attached hydrogen (secondary N) is 1. The number of anilines is 1. The van der Waals surface area contributed by atoms with Crippen LogP contribution >= 0.6 is 23.2 Å². The van der Waals surface area contributed by atoms with Gasteiger partial charge in [-0.1, -0.05) is 23.2 Å². The van der Waals surface area contributed by atoms with Crippen LogP contribution in [0.25, 0.3) is 0 Å². The van der Waals surface area contributed by atoms with Gasteiger partial charge in [-0.05, 0) is 36.4 Å². The largest absolute Gasteiger partial charge is 0.496 e. The van der Waals surface area contributed by atoms with Crippen molar-refractivity contribution in [3.8, 4) is 5.75 Å². The van der Waals surface area contributed by atoms with Crippen molar-refractivity contribution >= 4 is 34.8 Å². The van der Waals surface area contributed by atoms with Crippen LogP contribution in [0, 0.1) is 0 Å². The number of alkyl halides is 3. The van der Waals surface area contributed by atoms with Crippen molar-refractivity contribution in [2.75, 3.05) is 12.4 Å².